The first-order valence-electron chi connectivity index (χ1n) is 11.7. The summed E-state index contributed by atoms with van der Waals surface area (Å²) in [6, 6.07) is 7.01. The number of aromatic nitrogens is 1. The van der Waals surface area contributed by atoms with Crippen LogP contribution in [-0.4, -0.2) is 91.4 Å². The summed E-state index contributed by atoms with van der Waals surface area (Å²) in [5.74, 6) is -2.11. The molecule has 0 spiro atoms. The average molecular weight is 551 g/mol. The minimum atomic E-state index is -1.13. The molecule has 2 amide bonds. The maximum absolute atomic E-state index is 12.5. The Balaban J connectivity index is 0.000000281. The third kappa shape index (κ3) is 9.58. The lowest BCUT2D eigenvalue weighted by Gasteiger charge is -2.21. The fraction of sp³-hybridized carbons (Fsp3) is 0.480. The van der Waals surface area contributed by atoms with Crippen molar-refractivity contribution in [2.24, 2.45) is 5.73 Å². The molecular weight excluding hydrogens is 516 g/mol. The number of rotatable bonds is 13. The first kappa shape index (κ1) is 31.0. The summed E-state index contributed by atoms with van der Waals surface area (Å²) in [5, 5.41) is 14.6. The van der Waals surface area contributed by atoms with Crippen molar-refractivity contribution in [3.8, 4) is 0 Å². The maximum atomic E-state index is 12.5. The molecule has 0 radical (unpaired) electrons. The van der Waals surface area contributed by atoms with Crippen LogP contribution in [0.4, 0.5) is 0 Å². The first-order valence-corrected chi connectivity index (χ1v) is 12.5. The van der Waals surface area contributed by atoms with Crippen LogP contribution in [-0.2, 0) is 35.0 Å². The SMILES string of the molecule is COCC(N)C(=O)NC(Cc1ccccc1)C(=O)[C@@]1(C)CO1.COCC(NC(=O)c1cnc(C)s1)C(=O)O. The highest BCUT2D eigenvalue weighted by molar-refractivity contribution is 7.13. The van der Waals surface area contributed by atoms with Gasteiger partial charge >= 0.3 is 5.97 Å². The van der Waals surface area contributed by atoms with Crippen LogP contribution in [0.25, 0.3) is 0 Å². The van der Waals surface area contributed by atoms with Gasteiger partial charge in [0, 0.05) is 14.2 Å². The molecule has 2 aromatic rings. The molecule has 12 nitrogen and oxygen atoms in total. The number of aryl methyl sites for hydroxylation is 1. The van der Waals surface area contributed by atoms with Crippen LogP contribution in [0.1, 0.15) is 27.2 Å². The molecule has 5 N–H and O–H groups in total. The summed E-state index contributed by atoms with van der Waals surface area (Å²) in [6.45, 7) is 3.92. The third-order valence-electron chi connectivity index (χ3n) is 5.48. The minimum absolute atomic E-state index is 0.0706. The fourth-order valence-corrected chi connectivity index (χ4v) is 3.93. The molecule has 0 aliphatic carbocycles. The Labute approximate surface area is 224 Å². The number of methoxy groups -OCH3 is 2. The van der Waals surface area contributed by atoms with Gasteiger partial charge in [0.2, 0.25) is 5.91 Å². The largest absolute Gasteiger partial charge is 0.480 e. The molecule has 1 saturated heterocycles. The zero-order valence-corrected chi connectivity index (χ0v) is 22.6. The Hall–Kier alpha value is -3.23. The predicted octanol–water partition coefficient (Wildman–Crippen LogP) is 0.327. The van der Waals surface area contributed by atoms with Gasteiger partial charge < -0.3 is 35.7 Å². The Morgan fingerprint density at radius 3 is 2.26 bits per heavy atom. The number of benzene rings is 1. The predicted molar refractivity (Wildman–Crippen MR) is 139 cm³/mol. The second kappa shape index (κ2) is 14.6. The summed E-state index contributed by atoms with van der Waals surface area (Å²) >= 11 is 1.21. The van der Waals surface area contributed by atoms with Gasteiger partial charge in [0.1, 0.15) is 16.5 Å². The molecule has 0 bridgehead atoms. The third-order valence-corrected chi connectivity index (χ3v) is 6.39. The van der Waals surface area contributed by atoms with Gasteiger partial charge in [-0.25, -0.2) is 9.78 Å². The Kier molecular flexibility index (Phi) is 11.9. The second-order valence-electron chi connectivity index (χ2n) is 8.76. The highest BCUT2D eigenvalue weighted by Crippen LogP contribution is 2.29. The van der Waals surface area contributed by atoms with E-state index >= 15 is 0 Å². The van der Waals surface area contributed by atoms with Crippen molar-refractivity contribution in [1.82, 2.24) is 15.6 Å². The standard InChI is InChI=1S/C16H22N2O4.C9H12N2O4S/c1-16(10-22-16)14(19)13(8-11-6-4-3-5-7-11)18-15(20)12(17)9-21-2;1-5-10-3-7(16-5)8(12)11-6(4-15-2)9(13)14/h3-7,12-13H,8-10,17H2,1-2H3,(H,18,20);3,6H,4H2,1-2H3,(H,11,12)(H,13,14)/t12?,13?,16-;/m1./s1. The van der Waals surface area contributed by atoms with E-state index in [2.05, 4.69) is 15.6 Å². The topological polar surface area (TPSA) is 182 Å². The van der Waals surface area contributed by atoms with Crippen molar-refractivity contribution >= 4 is 34.9 Å². The lowest BCUT2D eigenvalue weighted by Crippen LogP contribution is -2.53. The van der Waals surface area contributed by atoms with E-state index in [1.165, 1.54) is 31.8 Å². The van der Waals surface area contributed by atoms with Crippen LogP contribution in [0.3, 0.4) is 0 Å². The molecule has 3 rings (SSSR count). The molecule has 0 saturated carbocycles. The number of ketones is 1. The summed E-state index contributed by atoms with van der Waals surface area (Å²) in [5.41, 5.74) is 5.88. The number of epoxide rings is 1. The van der Waals surface area contributed by atoms with Gasteiger partial charge in [0.05, 0.1) is 37.1 Å². The zero-order chi connectivity index (χ0) is 28.3. The fourth-order valence-electron chi connectivity index (χ4n) is 3.25. The van der Waals surface area contributed by atoms with Gasteiger partial charge in [0.15, 0.2) is 11.8 Å². The monoisotopic (exact) mass is 550 g/mol. The molecule has 4 atom stereocenters. The first-order chi connectivity index (χ1) is 18.0. The number of Topliss-reactive ketones (excluding diaryl/α,β-unsaturated/α-hetero) is 1. The van der Waals surface area contributed by atoms with Crippen molar-refractivity contribution in [2.75, 3.05) is 34.0 Å². The van der Waals surface area contributed by atoms with Crippen molar-refractivity contribution in [3.05, 3.63) is 52.0 Å². The van der Waals surface area contributed by atoms with Gasteiger partial charge in [-0.3, -0.25) is 14.4 Å². The number of carbonyl (C=O) groups excluding carboxylic acids is 3. The Bertz CT molecular complexity index is 1090. The highest BCUT2D eigenvalue weighted by Gasteiger charge is 2.50. The van der Waals surface area contributed by atoms with E-state index in [9.17, 15) is 19.2 Å². The molecule has 208 valence electrons. The van der Waals surface area contributed by atoms with E-state index in [1.54, 1.807) is 13.8 Å². The number of thiazole rings is 1. The van der Waals surface area contributed by atoms with Crippen LogP contribution in [0, 0.1) is 6.92 Å². The van der Waals surface area contributed by atoms with E-state index in [0.717, 1.165) is 10.6 Å². The molecule has 3 unspecified atom stereocenters. The Morgan fingerprint density at radius 1 is 1.13 bits per heavy atom. The number of nitrogens with zero attached hydrogens (tertiary/aromatic N) is 1. The zero-order valence-electron chi connectivity index (χ0n) is 21.8. The van der Waals surface area contributed by atoms with Crippen molar-refractivity contribution in [3.63, 3.8) is 0 Å². The second-order valence-corrected chi connectivity index (χ2v) is 9.99. The summed E-state index contributed by atoms with van der Waals surface area (Å²) in [7, 11) is 2.85. The van der Waals surface area contributed by atoms with Crippen LogP contribution in [0.5, 0.6) is 0 Å². The number of hydrogen-bond donors (Lipinski definition) is 4. The number of hydrogen-bond acceptors (Lipinski definition) is 10. The smallest absolute Gasteiger partial charge is 0.328 e. The number of ether oxygens (including phenoxy) is 3. The van der Waals surface area contributed by atoms with Crippen molar-refractivity contribution in [1.29, 1.82) is 0 Å². The van der Waals surface area contributed by atoms with Gasteiger partial charge in [-0.2, -0.15) is 0 Å². The quantitative estimate of drug-likeness (QED) is 0.254. The van der Waals surface area contributed by atoms with Crippen molar-refractivity contribution < 1.29 is 38.5 Å². The Morgan fingerprint density at radius 2 is 1.76 bits per heavy atom. The molecule has 1 fully saturated rings. The van der Waals surface area contributed by atoms with E-state index < -0.39 is 41.5 Å². The number of nitrogens with two attached hydrogens (primary N) is 1. The lowest BCUT2D eigenvalue weighted by atomic mass is 9.94. The van der Waals surface area contributed by atoms with Gasteiger partial charge in [-0.1, -0.05) is 30.3 Å². The molecule has 13 heteroatoms. The van der Waals surface area contributed by atoms with Gasteiger partial charge in [-0.05, 0) is 25.8 Å². The normalized spacial score (nSPS) is 18.2. The number of carboxylic acid groups (broad SMARTS) is 1. The number of carbonyl (C=O) groups is 4. The van der Waals surface area contributed by atoms with Crippen LogP contribution >= 0.6 is 11.3 Å². The summed E-state index contributed by atoms with van der Waals surface area (Å²) in [6.07, 6.45) is 1.82. The molecule has 1 aliphatic rings. The number of carboxylic acids is 1. The van der Waals surface area contributed by atoms with E-state index in [-0.39, 0.29) is 19.0 Å². The minimum Gasteiger partial charge on any atom is -0.480 e. The number of amides is 2. The molecule has 1 aromatic heterocycles. The molecule has 1 aliphatic heterocycles. The average Bonchev–Trinajstić information content (AvgIpc) is 3.49. The maximum Gasteiger partial charge on any atom is 0.328 e. The van der Waals surface area contributed by atoms with Crippen LogP contribution in [0.15, 0.2) is 36.5 Å². The molecule has 2 heterocycles. The van der Waals surface area contributed by atoms with Crippen molar-refractivity contribution in [2.45, 2.75) is 44.0 Å². The van der Waals surface area contributed by atoms with E-state index in [0.29, 0.717) is 17.9 Å². The van der Waals surface area contributed by atoms with E-state index in [1.807, 2.05) is 30.3 Å². The number of aliphatic carboxylic acids is 1. The van der Waals surface area contributed by atoms with Gasteiger partial charge in [0.25, 0.3) is 5.91 Å². The molecule has 38 heavy (non-hydrogen) atoms. The lowest BCUT2D eigenvalue weighted by molar-refractivity contribution is -0.140. The van der Waals surface area contributed by atoms with Crippen LogP contribution in [0.2, 0.25) is 0 Å². The summed E-state index contributed by atoms with van der Waals surface area (Å²) < 4.78 is 14.8. The highest BCUT2D eigenvalue weighted by atomic mass is 32.1. The summed E-state index contributed by atoms with van der Waals surface area (Å²) in [4.78, 5) is 51.3. The van der Waals surface area contributed by atoms with Gasteiger partial charge in [-0.15, -0.1) is 11.3 Å². The molecule has 1 aromatic carbocycles. The van der Waals surface area contributed by atoms with Crippen LogP contribution < -0.4 is 16.4 Å². The number of nitrogens with one attached hydrogen (secondary N) is 2. The van der Waals surface area contributed by atoms with E-state index in [4.69, 9.17) is 25.1 Å². The molecular formula is C25H34N4O8S.